The zero-order chi connectivity index (χ0) is 20.1. The molecular weight excluding hydrogens is 469 g/mol. The number of hydrogen-bond donors (Lipinski definition) is 1. The largest absolute Gasteiger partial charge is 0.383 e. The monoisotopic (exact) mass is 511 g/mol. The highest BCUT2D eigenvalue weighted by molar-refractivity contribution is 14.0. The lowest BCUT2D eigenvalue weighted by atomic mass is 9.92. The van der Waals surface area contributed by atoms with Gasteiger partial charge < -0.3 is 24.8 Å². The van der Waals surface area contributed by atoms with Crippen molar-refractivity contribution in [1.29, 1.82) is 0 Å². The Morgan fingerprint density at radius 2 is 1.89 bits per heavy atom. The summed E-state index contributed by atoms with van der Waals surface area (Å²) in [5, 5.41) is 3.41. The number of likely N-dealkylation sites (N-methyl/N-ethyl adjacent to an activating group) is 2. The minimum Gasteiger partial charge on any atom is -0.383 e. The number of rotatable bonds is 11. The van der Waals surface area contributed by atoms with Gasteiger partial charge in [-0.15, -0.1) is 24.0 Å². The van der Waals surface area contributed by atoms with E-state index in [1.807, 2.05) is 0 Å². The molecule has 0 bridgehead atoms. The summed E-state index contributed by atoms with van der Waals surface area (Å²) in [5.74, 6) is 1.73. The van der Waals surface area contributed by atoms with Crippen LogP contribution in [-0.4, -0.2) is 101 Å². The molecule has 7 nitrogen and oxygen atoms in total. The van der Waals surface area contributed by atoms with Crippen molar-refractivity contribution in [3.63, 3.8) is 0 Å². The summed E-state index contributed by atoms with van der Waals surface area (Å²) in [7, 11) is 7.47. The zero-order valence-corrected chi connectivity index (χ0v) is 20.9. The van der Waals surface area contributed by atoms with E-state index in [2.05, 4.69) is 34.1 Å². The Kier molecular flexibility index (Phi) is 15.9. The van der Waals surface area contributed by atoms with Gasteiger partial charge in [-0.2, -0.15) is 0 Å². The molecule has 1 N–H and O–H groups in total. The van der Waals surface area contributed by atoms with Crippen LogP contribution in [0.2, 0.25) is 0 Å². The summed E-state index contributed by atoms with van der Waals surface area (Å²) in [6.45, 7) is 8.25. The molecule has 1 fully saturated rings. The van der Waals surface area contributed by atoms with Crippen molar-refractivity contribution in [2.75, 3.05) is 74.1 Å². The standard InChI is InChI=1S/C20H41N5O2.HI/c1-6-11-21-20(22-17-19(26)23(2)3)25-13-9-18(10-14-25)8-7-12-24(4)15-16-27-5;/h18H,6-17H2,1-5H3,(H,21,22);1H. The van der Waals surface area contributed by atoms with Crippen molar-refractivity contribution in [2.24, 2.45) is 10.9 Å². The number of aliphatic imine (C=N–C) groups is 1. The van der Waals surface area contributed by atoms with E-state index >= 15 is 0 Å². The van der Waals surface area contributed by atoms with Crippen LogP contribution in [0.15, 0.2) is 4.99 Å². The van der Waals surface area contributed by atoms with Gasteiger partial charge in [0.25, 0.3) is 0 Å². The highest BCUT2D eigenvalue weighted by Gasteiger charge is 2.21. The van der Waals surface area contributed by atoms with Crippen LogP contribution < -0.4 is 5.32 Å². The lowest BCUT2D eigenvalue weighted by molar-refractivity contribution is -0.127. The lowest BCUT2D eigenvalue weighted by Gasteiger charge is -2.34. The zero-order valence-electron chi connectivity index (χ0n) is 18.6. The van der Waals surface area contributed by atoms with E-state index in [-0.39, 0.29) is 36.4 Å². The second-order valence-corrected chi connectivity index (χ2v) is 7.72. The number of carbonyl (C=O) groups excluding carboxylic acids is 1. The average molecular weight is 511 g/mol. The molecule has 0 unspecified atom stereocenters. The molecule has 166 valence electrons. The number of halogens is 1. The minimum absolute atomic E-state index is 0. The molecule has 0 aromatic rings. The Labute approximate surface area is 189 Å². The molecule has 1 rings (SSSR count). The maximum Gasteiger partial charge on any atom is 0.243 e. The Bertz CT molecular complexity index is 440. The normalized spacial score (nSPS) is 15.5. The smallest absolute Gasteiger partial charge is 0.243 e. The summed E-state index contributed by atoms with van der Waals surface area (Å²) in [4.78, 5) is 22.7. The predicted octanol–water partition coefficient (Wildman–Crippen LogP) is 2.12. The van der Waals surface area contributed by atoms with Crippen LogP contribution in [0.3, 0.4) is 0 Å². The highest BCUT2D eigenvalue weighted by atomic mass is 127. The molecule has 0 aromatic heterocycles. The molecule has 0 aromatic carbocycles. The molecule has 0 spiro atoms. The lowest BCUT2D eigenvalue weighted by Crippen LogP contribution is -2.46. The van der Waals surface area contributed by atoms with Gasteiger partial charge in [0.15, 0.2) is 5.96 Å². The molecule has 0 atom stereocenters. The molecule has 0 saturated carbocycles. The maximum atomic E-state index is 11.9. The van der Waals surface area contributed by atoms with Gasteiger partial charge in [0, 0.05) is 47.4 Å². The van der Waals surface area contributed by atoms with Crippen LogP contribution >= 0.6 is 24.0 Å². The number of guanidine groups is 1. The van der Waals surface area contributed by atoms with Crippen molar-refractivity contribution in [3.05, 3.63) is 0 Å². The number of piperidine rings is 1. The van der Waals surface area contributed by atoms with Crippen molar-refractivity contribution in [3.8, 4) is 0 Å². The van der Waals surface area contributed by atoms with E-state index in [1.165, 1.54) is 25.7 Å². The number of nitrogens with zero attached hydrogens (tertiary/aromatic N) is 4. The van der Waals surface area contributed by atoms with E-state index in [9.17, 15) is 4.79 Å². The Balaban J connectivity index is 0.00000729. The molecule has 1 amide bonds. The van der Waals surface area contributed by atoms with Crippen LogP contribution in [-0.2, 0) is 9.53 Å². The van der Waals surface area contributed by atoms with Crippen molar-refractivity contribution in [1.82, 2.24) is 20.0 Å². The second kappa shape index (κ2) is 16.2. The fourth-order valence-electron chi connectivity index (χ4n) is 3.23. The van der Waals surface area contributed by atoms with E-state index in [1.54, 1.807) is 26.1 Å². The van der Waals surface area contributed by atoms with Crippen LogP contribution in [0.4, 0.5) is 0 Å². The van der Waals surface area contributed by atoms with Crippen molar-refractivity contribution in [2.45, 2.75) is 39.0 Å². The number of methoxy groups -OCH3 is 1. The fraction of sp³-hybridized carbons (Fsp3) is 0.900. The first-order chi connectivity index (χ1) is 13.0. The summed E-state index contributed by atoms with van der Waals surface area (Å²) < 4.78 is 5.13. The van der Waals surface area contributed by atoms with Gasteiger partial charge in [-0.3, -0.25) is 4.79 Å². The Hall–Kier alpha value is -0.610. The molecule has 1 saturated heterocycles. The third kappa shape index (κ3) is 11.4. The molecule has 1 aliphatic rings. The SMILES string of the molecule is CCCNC(=NCC(=O)N(C)C)N1CCC(CCCN(C)CCOC)CC1.I. The number of carbonyl (C=O) groups is 1. The first-order valence-electron chi connectivity index (χ1n) is 10.4. The molecular formula is C20H42IN5O2. The van der Waals surface area contributed by atoms with Crippen molar-refractivity contribution < 1.29 is 9.53 Å². The van der Waals surface area contributed by atoms with E-state index < -0.39 is 0 Å². The van der Waals surface area contributed by atoms with Gasteiger partial charge in [0.05, 0.1) is 6.61 Å². The fourth-order valence-corrected chi connectivity index (χ4v) is 3.23. The number of nitrogens with one attached hydrogen (secondary N) is 1. The Morgan fingerprint density at radius 1 is 1.21 bits per heavy atom. The van der Waals surface area contributed by atoms with E-state index in [0.717, 1.165) is 57.6 Å². The highest BCUT2D eigenvalue weighted by Crippen LogP contribution is 2.22. The third-order valence-corrected chi connectivity index (χ3v) is 5.14. The van der Waals surface area contributed by atoms with Gasteiger partial charge in [0.2, 0.25) is 5.91 Å². The number of amides is 1. The van der Waals surface area contributed by atoms with Gasteiger partial charge in [-0.25, -0.2) is 4.99 Å². The number of likely N-dealkylation sites (tertiary alicyclic amines) is 1. The first-order valence-corrected chi connectivity index (χ1v) is 10.4. The van der Waals surface area contributed by atoms with Crippen molar-refractivity contribution >= 4 is 35.8 Å². The number of hydrogen-bond acceptors (Lipinski definition) is 4. The van der Waals surface area contributed by atoms with E-state index in [0.29, 0.717) is 0 Å². The summed E-state index contributed by atoms with van der Waals surface area (Å²) in [5.41, 5.74) is 0. The number of ether oxygens (including phenoxy) is 1. The van der Waals surface area contributed by atoms with Crippen LogP contribution in [0, 0.1) is 5.92 Å². The summed E-state index contributed by atoms with van der Waals surface area (Å²) in [6, 6.07) is 0. The molecule has 1 aliphatic heterocycles. The average Bonchev–Trinajstić information content (AvgIpc) is 2.66. The predicted molar refractivity (Wildman–Crippen MR) is 128 cm³/mol. The quantitative estimate of drug-likeness (QED) is 0.262. The van der Waals surface area contributed by atoms with E-state index in [4.69, 9.17) is 4.74 Å². The first kappa shape index (κ1) is 27.4. The van der Waals surface area contributed by atoms with Gasteiger partial charge in [-0.1, -0.05) is 6.92 Å². The molecule has 28 heavy (non-hydrogen) atoms. The van der Waals surface area contributed by atoms with Gasteiger partial charge in [0.1, 0.15) is 6.54 Å². The molecule has 0 aliphatic carbocycles. The van der Waals surface area contributed by atoms with Crippen LogP contribution in [0.1, 0.15) is 39.0 Å². The van der Waals surface area contributed by atoms with Crippen LogP contribution in [0.25, 0.3) is 0 Å². The minimum atomic E-state index is 0. The second-order valence-electron chi connectivity index (χ2n) is 7.72. The summed E-state index contributed by atoms with van der Waals surface area (Å²) >= 11 is 0. The third-order valence-electron chi connectivity index (χ3n) is 5.14. The maximum absolute atomic E-state index is 11.9. The molecule has 8 heteroatoms. The van der Waals surface area contributed by atoms with Gasteiger partial charge >= 0.3 is 0 Å². The summed E-state index contributed by atoms with van der Waals surface area (Å²) in [6.07, 6.45) is 6.00. The topological polar surface area (TPSA) is 60.4 Å². The van der Waals surface area contributed by atoms with Crippen LogP contribution in [0.5, 0.6) is 0 Å². The molecule has 0 radical (unpaired) electrons. The Morgan fingerprint density at radius 3 is 2.46 bits per heavy atom. The van der Waals surface area contributed by atoms with Gasteiger partial charge in [-0.05, 0) is 51.6 Å². The molecule has 1 heterocycles.